The van der Waals surface area contributed by atoms with Crippen molar-refractivity contribution in [2.75, 3.05) is 49.1 Å². The van der Waals surface area contributed by atoms with E-state index < -0.39 is 0 Å². The van der Waals surface area contributed by atoms with Gasteiger partial charge in [-0.25, -0.2) is 5.43 Å². The van der Waals surface area contributed by atoms with E-state index >= 15 is 0 Å². The van der Waals surface area contributed by atoms with E-state index in [2.05, 4.69) is 46.7 Å². The number of aryl methyl sites for hydroxylation is 1. The molecule has 41 heavy (non-hydrogen) atoms. The fourth-order valence-electron chi connectivity index (χ4n) is 4.02. The van der Waals surface area contributed by atoms with Crippen LogP contribution in [0, 0.1) is 6.92 Å². The van der Waals surface area contributed by atoms with E-state index in [0.29, 0.717) is 61.3 Å². The zero-order valence-electron chi connectivity index (χ0n) is 22.6. The molecule has 0 atom stereocenters. The third-order valence-corrected chi connectivity index (χ3v) is 7.28. The highest BCUT2D eigenvalue weighted by Gasteiger charge is 2.17. The van der Waals surface area contributed by atoms with Gasteiger partial charge in [-0.1, -0.05) is 41.9 Å². The number of nitrogens with zero attached hydrogens (tertiary/aromatic N) is 5. The molecule has 0 saturated carbocycles. The summed E-state index contributed by atoms with van der Waals surface area (Å²) < 4.78 is 17.8. The summed E-state index contributed by atoms with van der Waals surface area (Å²) in [6.07, 6.45) is 1.66. The van der Waals surface area contributed by atoms with E-state index in [0.717, 1.165) is 26.9 Å². The minimum Gasteiger partial charge on any atom is -0.493 e. The zero-order chi connectivity index (χ0) is 28.6. The molecule has 0 aliphatic carbocycles. The molecule has 0 radical (unpaired) electrons. The first-order valence-corrected chi connectivity index (χ1v) is 14.1. The van der Waals surface area contributed by atoms with Crippen molar-refractivity contribution in [3.05, 3.63) is 86.8 Å². The van der Waals surface area contributed by atoms with Crippen LogP contribution in [-0.4, -0.2) is 54.6 Å². The number of ether oxygens (including phenoxy) is 3. The molecule has 10 nitrogen and oxygen atoms in total. The Kier molecular flexibility index (Phi) is 9.50. The first-order valence-electron chi connectivity index (χ1n) is 12.9. The van der Waals surface area contributed by atoms with Crippen LogP contribution < -0.4 is 25.1 Å². The molecule has 2 heterocycles. The summed E-state index contributed by atoms with van der Waals surface area (Å²) in [5, 5.41) is 8.23. The molecule has 12 heteroatoms. The standard InChI is InChI=1S/C29H29BrClN7O3/c1-19-14-22(30)24(16-23(19)31)33-27-34-28(36-29(35-27)38-10-12-40-13-11-38)37-32-17-21-8-9-25(26(15-21)39-2)41-18-20-6-4-3-5-7-20/h3-9,14-17H,10-13,18H2,1-2H3,(H2,33,34,35,36,37)/b32-17-. The fraction of sp³-hybridized carbons (Fsp3) is 0.241. The van der Waals surface area contributed by atoms with Crippen LogP contribution in [0.15, 0.2) is 70.2 Å². The van der Waals surface area contributed by atoms with E-state index in [1.807, 2.05) is 72.5 Å². The lowest BCUT2D eigenvalue weighted by atomic mass is 10.2. The zero-order valence-corrected chi connectivity index (χ0v) is 24.9. The normalized spacial score (nSPS) is 13.3. The predicted octanol–water partition coefficient (Wildman–Crippen LogP) is 6.21. The van der Waals surface area contributed by atoms with Crippen LogP contribution in [0.5, 0.6) is 11.5 Å². The molecule has 212 valence electrons. The molecular formula is C29H29BrClN7O3. The highest BCUT2D eigenvalue weighted by molar-refractivity contribution is 9.10. The van der Waals surface area contributed by atoms with Crippen molar-refractivity contribution in [2.24, 2.45) is 5.10 Å². The summed E-state index contributed by atoms with van der Waals surface area (Å²) in [4.78, 5) is 15.8. The number of aromatic nitrogens is 3. The first kappa shape index (κ1) is 28.6. The quantitative estimate of drug-likeness (QED) is 0.155. The largest absolute Gasteiger partial charge is 0.493 e. The summed E-state index contributed by atoms with van der Waals surface area (Å²) in [6, 6.07) is 19.3. The van der Waals surface area contributed by atoms with Gasteiger partial charge < -0.3 is 24.4 Å². The third-order valence-electron chi connectivity index (χ3n) is 6.22. The number of hydrazone groups is 1. The lowest BCUT2D eigenvalue weighted by molar-refractivity contribution is 0.122. The van der Waals surface area contributed by atoms with Crippen LogP contribution in [0.25, 0.3) is 0 Å². The number of nitrogens with one attached hydrogen (secondary N) is 2. The number of hydrogen-bond donors (Lipinski definition) is 2. The van der Waals surface area contributed by atoms with Crippen LogP contribution >= 0.6 is 27.5 Å². The second-order valence-electron chi connectivity index (χ2n) is 9.14. The van der Waals surface area contributed by atoms with Gasteiger partial charge in [-0.15, -0.1) is 0 Å². The molecule has 1 aliphatic rings. The second-order valence-corrected chi connectivity index (χ2v) is 10.4. The van der Waals surface area contributed by atoms with Crippen LogP contribution in [0.4, 0.5) is 23.5 Å². The molecule has 0 unspecified atom stereocenters. The number of morpholine rings is 1. The van der Waals surface area contributed by atoms with Crippen molar-refractivity contribution in [2.45, 2.75) is 13.5 Å². The van der Waals surface area contributed by atoms with Crippen molar-refractivity contribution >= 4 is 57.3 Å². The Bertz CT molecular complexity index is 1520. The van der Waals surface area contributed by atoms with Gasteiger partial charge in [-0.2, -0.15) is 20.1 Å². The maximum Gasteiger partial charge on any atom is 0.250 e. The van der Waals surface area contributed by atoms with Crippen molar-refractivity contribution < 1.29 is 14.2 Å². The number of methoxy groups -OCH3 is 1. The van der Waals surface area contributed by atoms with E-state index in [4.69, 9.17) is 25.8 Å². The smallest absolute Gasteiger partial charge is 0.250 e. The van der Waals surface area contributed by atoms with Crippen molar-refractivity contribution in [3.63, 3.8) is 0 Å². The molecular weight excluding hydrogens is 610 g/mol. The molecule has 4 aromatic rings. The molecule has 0 spiro atoms. The Balaban J connectivity index is 1.33. The molecule has 2 N–H and O–H groups in total. The fourth-order valence-corrected chi connectivity index (χ4v) is 4.74. The minimum absolute atomic E-state index is 0.282. The third kappa shape index (κ3) is 7.63. The Labute approximate surface area is 251 Å². The van der Waals surface area contributed by atoms with Crippen molar-refractivity contribution in [1.29, 1.82) is 0 Å². The minimum atomic E-state index is 0.282. The van der Waals surface area contributed by atoms with Crippen LogP contribution in [0.1, 0.15) is 16.7 Å². The molecule has 5 rings (SSSR count). The number of halogens is 2. The van der Waals surface area contributed by atoms with Gasteiger partial charge in [0.25, 0.3) is 0 Å². The molecule has 3 aromatic carbocycles. The van der Waals surface area contributed by atoms with E-state index in [1.165, 1.54) is 0 Å². The molecule has 0 bridgehead atoms. The Morgan fingerprint density at radius 3 is 2.59 bits per heavy atom. The van der Waals surface area contributed by atoms with Gasteiger partial charge in [0.2, 0.25) is 17.8 Å². The average molecular weight is 639 g/mol. The van der Waals surface area contributed by atoms with Crippen LogP contribution in [0.2, 0.25) is 5.02 Å². The second kappa shape index (κ2) is 13.6. The summed E-state index contributed by atoms with van der Waals surface area (Å²) >= 11 is 9.94. The molecule has 1 fully saturated rings. The number of rotatable bonds is 10. The highest BCUT2D eigenvalue weighted by Crippen LogP contribution is 2.31. The summed E-state index contributed by atoms with van der Waals surface area (Å²) in [7, 11) is 1.61. The van der Waals surface area contributed by atoms with E-state index in [-0.39, 0.29) is 5.95 Å². The Morgan fingerprint density at radius 1 is 1.02 bits per heavy atom. The molecule has 0 amide bonds. The SMILES string of the molecule is COc1cc(/C=N\Nc2nc(Nc3cc(Cl)c(C)cc3Br)nc(N3CCOCC3)n2)ccc1OCc1ccccc1. The highest BCUT2D eigenvalue weighted by atomic mass is 79.9. The summed E-state index contributed by atoms with van der Waals surface area (Å²) in [5.41, 5.74) is 6.50. The first-order chi connectivity index (χ1) is 20.0. The van der Waals surface area contributed by atoms with Gasteiger partial charge in [0.05, 0.1) is 32.2 Å². The van der Waals surface area contributed by atoms with Crippen LogP contribution in [-0.2, 0) is 11.3 Å². The van der Waals surface area contributed by atoms with Gasteiger partial charge in [0.1, 0.15) is 6.61 Å². The molecule has 1 saturated heterocycles. The maximum atomic E-state index is 6.36. The molecule has 1 aromatic heterocycles. The lowest BCUT2D eigenvalue weighted by Gasteiger charge is -2.27. The van der Waals surface area contributed by atoms with E-state index in [1.54, 1.807) is 13.3 Å². The Hall–Kier alpha value is -3.93. The van der Waals surface area contributed by atoms with Crippen molar-refractivity contribution in [3.8, 4) is 11.5 Å². The van der Waals surface area contributed by atoms with Gasteiger partial charge in [0, 0.05) is 22.6 Å². The van der Waals surface area contributed by atoms with E-state index in [9.17, 15) is 0 Å². The predicted molar refractivity (Wildman–Crippen MR) is 165 cm³/mol. The maximum absolute atomic E-state index is 6.36. The van der Waals surface area contributed by atoms with Crippen LogP contribution in [0.3, 0.4) is 0 Å². The lowest BCUT2D eigenvalue weighted by Crippen LogP contribution is -2.37. The van der Waals surface area contributed by atoms with Gasteiger partial charge in [-0.05, 0) is 69.9 Å². The number of hydrogen-bond acceptors (Lipinski definition) is 10. The monoisotopic (exact) mass is 637 g/mol. The summed E-state index contributed by atoms with van der Waals surface area (Å²) in [5.74, 6) is 2.39. The van der Waals surface area contributed by atoms with Gasteiger partial charge in [-0.3, -0.25) is 0 Å². The average Bonchev–Trinajstić information content (AvgIpc) is 3.00. The number of benzene rings is 3. The number of anilines is 4. The van der Waals surface area contributed by atoms with Crippen molar-refractivity contribution in [1.82, 2.24) is 15.0 Å². The van der Waals surface area contributed by atoms with Gasteiger partial charge in [0.15, 0.2) is 11.5 Å². The topological polar surface area (TPSA) is 106 Å². The summed E-state index contributed by atoms with van der Waals surface area (Å²) in [6.45, 7) is 4.92. The van der Waals surface area contributed by atoms with Gasteiger partial charge >= 0.3 is 0 Å². The Morgan fingerprint density at radius 2 is 1.80 bits per heavy atom. The molecule has 1 aliphatic heterocycles.